The Balaban J connectivity index is 3.91. The summed E-state index contributed by atoms with van der Waals surface area (Å²) in [5.41, 5.74) is 0. The molecule has 0 aromatic rings. The molecule has 0 N–H and O–H groups in total. The van der Waals surface area contributed by atoms with Crippen LogP contribution in [0.15, 0.2) is 0 Å². The molecule has 0 saturated heterocycles. The van der Waals surface area contributed by atoms with E-state index < -0.39 is 8.80 Å². The van der Waals surface area contributed by atoms with Crippen molar-refractivity contribution in [2.24, 2.45) is 0 Å². The van der Waals surface area contributed by atoms with E-state index >= 15 is 0 Å². The number of ether oxygens (including phenoxy) is 3. The summed E-state index contributed by atoms with van der Waals surface area (Å²) >= 11 is 0. The number of methoxy groups -OCH3 is 2. The van der Waals surface area contributed by atoms with Gasteiger partial charge in [0.2, 0.25) is 0 Å². The summed E-state index contributed by atoms with van der Waals surface area (Å²) in [6.07, 6.45) is 0.851. The Morgan fingerprint density at radius 3 is 2.11 bits per heavy atom. The maximum atomic E-state index is 5.62. The lowest BCUT2D eigenvalue weighted by molar-refractivity contribution is -0.0822. The van der Waals surface area contributed by atoms with Crippen LogP contribution >= 0.6 is 0 Å². The zero-order valence-corrected chi connectivity index (χ0v) is 13.1. The van der Waals surface area contributed by atoms with E-state index in [0.29, 0.717) is 13.2 Å². The second-order valence-corrected chi connectivity index (χ2v) is 6.76. The number of hydrogen-bond donors (Lipinski definition) is 0. The van der Waals surface area contributed by atoms with Gasteiger partial charge >= 0.3 is 8.80 Å². The highest BCUT2D eigenvalue weighted by Crippen LogP contribution is 2.15. The highest BCUT2D eigenvalue weighted by molar-refractivity contribution is 6.60. The van der Waals surface area contributed by atoms with Gasteiger partial charge in [0, 0.05) is 34.5 Å². The van der Waals surface area contributed by atoms with Crippen LogP contribution in [0.4, 0.5) is 0 Å². The van der Waals surface area contributed by atoms with Gasteiger partial charge in [-0.25, -0.2) is 0 Å². The Morgan fingerprint density at radius 1 is 1.00 bits per heavy atom. The van der Waals surface area contributed by atoms with Gasteiger partial charge in [0.1, 0.15) is 12.9 Å². The fourth-order valence-corrected chi connectivity index (χ4v) is 3.29. The quantitative estimate of drug-likeness (QED) is 0.305. The van der Waals surface area contributed by atoms with Gasteiger partial charge in [-0.3, -0.25) is 0 Å². The van der Waals surface area contributed by atoms with Gasteiger partial charge in [-0.15, -0.1) is 0 Å². The molecule has 0 spiro atoms. The smallest absolute Gasteiger partial charge is 0.382 e. The Morgan fingerprint density at radius 2 is 1.67 bits per heavy atom. The number of hydrogen-bond acceptors (Lipinski definition) is 6. The molecule has 0 aromatic carbocycles. The topological polar surface area (TPSA) is 55.4 Å². The van der Waals surface area contributed by atoms with Crippen LogP contribution in [0, 0.1) is 0 Å². The summed E-state index contributed by atoms with van der Waals surface area (Å²) in [6, 6.07) is 0.773. The molecule has 0 aromatic heterocycles. The summed E-state index contributed by atoms with van der Waals surface area (Å²) in [4.78, 5) is 0. The summed E-state index contributed by atoms with van der Waals surface area (Å²) in [5.74, 6) is 0. The average Bonchev–Trinajstić information content (AvgIpc) is 2.41. The van der Waals surface area contributed by atoms with E-state index in [1.54, 1.807) is 28.4 Å². The van der Waals surface area contributed by atoms with Crippen molar-refractivity contribution in [2.45, 2.75) is 25.5 Å². The molecule has 0 aliphatic rings. The zero-order valence-electron chi connectivity index (χ0n) is 12.1. The van der Waals surface area contributed by atoms with E-state index in [9.17, 15) is 0 Å². The van der Waals surface area contributed by atoms with Crippen LogP contribution in [-0.4, -0.2) is 63.4 Å². The van der Waals surface area contributed by atoms with E-state index in [1.807, 2.05) is 0 Å². The third-order valence-corrected chi connectivity index (χ3v) is 5.44. The Bertz CT molecular complexity index is 188. The van der Waals surface area contributed by atoms with Gasteiger partial charge in [-0.1, -0.05) is 13.3 Å². The lowest BCUT2D eigenvalue weighted by Gasteiger charge is -2.26. The van der Waals surface area contributed by atoms with E-state index in [-0.39, 0.29) is 12.9 Å². The van der Waals surface area contributed by atoms with Crippen molar-refractivity contribution >= 4 is 8.80 Å². The van der Waals surface area contributed by atoms with Crippen LogP contribution in [-0.2, 0) is 27.5 Å². The van der Waals surface area contributed by atoms with E-state index in [2.05, 4.69) is 6.92 Å². The van der Waals surface area contributed by atoms with Crippen molar-refractivity contribution in [3.8, 4) is 0 Å². The molecule has 1 atom stereocenters. The first kappa shape index (κ1) is 18.0. The molecular weight excluding hydrogens is 256 g/mol. The molecule has 6 nitrogen and oxygen atoms in total. The molecule has 0 fully saturated rings. The minimum atomic E-state index is -2.54. The predicted octanol–water partition coefficient (Wildman–Crippen LogP) is 1.28. The van der Waals surface area contributed by atoms with E-state index in [4.69, 9.17) is 27.5 Å². The van der Waals surface area contributed by atoms with Crippen molar-refractivity contribution in [1.82, 2.24) is 0 Å². The lowest BCUT2D eigenvalue weighted by Crippen LogP contribution is -2.44. The Kier molecular flexibility index (Phi) is 10.8. The lowest BCUT2D eigenvalue weighted by atomic mass is 10.4. The first-order valence-electron chi connectivity index (χ1n) is 6.01. The highest BCUT2D eigenvalue weighted by atomic mass is 28.4. The molecule has 0 aliphatic carbocycles. The molecule has 0 rings (SSSR count). The van der Waals surface area contributed by atoms with E-state index in [1.165, 1.54) is 0 Å². The second kappa shape index (κ2) is 10.9. The maximum absolute atomic E-state index is 5.62. The van der Waals surface area contributed by atoms with Gasteiger partial charge in [0.25, 0.3) is 0 Å². The van der Waals surface area contributed by atoms with Crippen LogP contribution in [0.25, 0.3) is 0 Å². The third kappa shape index (κ3) is 6.79. The summed E-state index contributed by atoms with van der Waals surface area (Å²) in [7, 11) is 3.91. The van der Waals surface area contributed by atoms with Gasteiger partial charge < -0.3 is 27.5 Å². The minimum absolute atomic E-state index is 0.0917. The van der Waals surface area contributed by atoms with Gasteiger partial charge in [0.15, 0.2) is 0 Å². The van der Waals surface area contributed by atoms with Gasteiger partial charge in [-0.2, -0.15) is 0 Å². The molecule has 0 saturated carbocycles. The number of rotatable bonds is 12. The highest BCUT2D eigenvalue weighted by Gasteiger charge is 2.37. The molecule has 7 heteroatoms. The second-order valence-electron chi connectivity index (χ2n) is 3.79. The minimum Gasteiger partial charge on any atom is -0.382 e. The van der Waals surface area contributed by atoms with Crippen LogP contribution in [0.2, 0.25) is 6.04 Å². The molecule has 0 aliphatic heterocycles. The molecule has 0 bridgehead atoms. The molecule has 0 heterocycles. The monoisotopic (exact) mass is 282 g/mol. The van der Waals surface area contributed by atoms with Crippen LogP contribution in [0.5, 0.6) is 0 Å². The first-order chi connectivity index (χ1) is 8.67. The average molecular weight is 282 g/mol. The van der Waals surface area contributed by atoms with Crippen molar-refractivity contribution in [3.05, 3.63) is 0 Å². The molecular formula is C11H26O6Si. The van der Waals surface area contributed by atoms with Crippen molar-refractivity contribution in [3.63, 3.8) is 0 Å². The molecule has 110 valence electrons. The summed E-state index contributed by atoms with van der Waals surface area (Å²) < 4.78 is 31.9. The first-order valence-corrected chi connectivity index (χ1v) is 7.94. The van der Waals surface area contributed by atoms with Crippen molar-refractivity contribution in [2.75, 3.05) is 48.4 Å². The molecule has 0 amide bonds. The van der Waals surface area contributed by atoms with Gasteiger partial charge in [0.05, 0.1) is 13.2 Å². The van der Waals surface area contributed by atoms with Crippen LogP contribution < -0.4 is 0 Å². The van der Waals surface area contributed by atoms with Crippen LogP contribution in [0.1, 0.15) is 13.3 Å². The third-order valence-electron chi connectivity index (χ3n) is 2.53. The summed E-state index contributed by atoms with van der Waals surface area (Å²) in [6.45, 7) is 3.10. The van der Waals surface area contributed by atoms with Crippen LogP contribution in [0.3, 0.4) is 0 Å². The van der Waals surface area contributed by atoms with Crippen molar-refractivity contribution < 1.29 is 27.5 Å². The Hall–Kier alpha value is -0.0231. The standard InChI is InChI=1S/C11H26O6Si/c1-6-7-18(14-4,15-5)17-10-16-9-11(13-3)8-12-2/h11H,6-10H2,1-5H3. The fourth-order valence-electron chi connectivity index (χ4n) is 1.46. The molecule has 0 radical (unpaired) electrons. The zero-order chi connectivity index (χ0) is 13.9. The molecule has 18 heavy (non-hydrogen) atoms. The van der Waals surface area contributed by atoms with Crippen molar-refractivity contribution in [1.29, 1.82) is 0 Å². The maximum Gasteiger partial charge on any atom is 0.502 e. The Labute approximate surface area is 111 Å². The van der Waals surface area contributed by atoms with Gasteiger partial charge in [-0.05, 0) is 0 Å². The fraction of sp³-hybridized carbons (Fsp3) is 1.00. The molecule has 1 unspecified atom stereocenters. The summed E-state index contributed by atoms with van der Waals surface area (Å²) in [5, 5.41) is 0. The normalized spacial score (nSPS) is 13.8. The largest absolute Gasteiger partial charge is 0.502 e. The van der Waals surface area contributed by atoms with E-state index in [0.717, 1.165) is 12.5 Å². The SMILES string of the molecule is CCC[Si](OC)(OC)OCOCC(COC)OC. The predicted molar refractivity (Wildman–Crippen MR) is 69.4 cm³/mol.